The smallest absolute Gasteiger partial charge is 0.407 e. The predicted molar refractivity (Wildman–Crippen MR) is 90.5 cm³/mol. The maximum absolute atomic E-state index is 12.3. The van der Waals surface area contributed by atoms with Crippen molar-refractivity contribution < 1.29 is 14.3 Å². The highest BCUT2D eigenvalue weighted by Gasteiger charge is 2.38. The van der Waals surface area contributed by atoms with Gasteiger partial charge >= 0.3 is 12.1 Å². The number of ether oxygens (including phenoxy) is 1. The zero-order valence-corrected chi connectivity index (χ0v) is 14.1. The van der Waals surface area contributed by atoms with E-state index >= 15 is 0 Å². The van der Waals surface area contributed by atoms with Gasteiger partial charge in [-0.25, -0.2) is 9.59 Å². The monoisotopic (exact) mass is 331 g/mol. The largest absolute Gasteiger partial charge is 0.445 e. The second kappa shape index (κ2) is 7.55. The molecule has 3 amide bonds. The molecule has 0 unspecified atom stereocenters. The molecule has 2 atom stereocenters. The van der Waals surface area contributed by atoms with Gasteiger partial charge in [-0.15, -0.1) is 0 Å². The van der Waals surface area contributed by atoms with Crippen LogP contribution >= 0.6 is 0 Å². The summed E-state index contributed by atoms with van der Waals surface area (Å²) in [6, 6.07) is 9.72. The van der Waals surface area contributed by atoms with E-state index in [9.17, 15) is 9.59 Å². The van der Waals surface area contributed by atoms with Crippen LogP contribution in [0.4, 0.5) is 9.59 Å². The second-order valence-corrected chi connectivity index (χ2v) is 6.56. The van der Waals surface area contributed by atoms with Crippen LogP contribution in [0, 0.1) is 0 Å². The number of hydrogen-bond acceptors (Lipinski definition) is 3. The minimum atomic E-state index is -0.407. The highest BCUT2D eigenvalue weighted by molar-refractivity contribution is 5.77. The molecule has 2 fully saturated rings. The van der Waals surface area contributed by atoms with Gasteiger partial charge in [-0.3, -0.25) is 0 Å². The maximum atomic E-state index is 12.3. The number of urea groups is 1. The van der Waals surface area contributed by atoms with E-state index in [0.29, 0.717) is 0 Å². The second-order valence-electron chi connectivity index (χ2n) is 6.56. The van der Waals surface area contributed by atoms with Crippen LogP contribution in [0.25, 0.3) is 0 Å². The van der Waals surface area contributed by atoms with E-state index in [0.717, 1.165) is 44.3 Å². The Balaban J connectivity index is 1.55. The van der Waals surface area contributed by atoms with Gasteiger partial charge in [-0.1, -0.05) is 43.2 Å². The molecule has 6 nitrogen and oxygen atoms in total. The van der Waals surface area contributed by atoms with Crippen molar-refractivity contribution >= 4 is 12.1 Å². The van der Waals surface area contributed by atoms with Gasteiger partial charge in [0.25, 0.3) is 0 Å². The van der Waals surface area contributed by atoms with Crippen LogP contribution in [0.3, 0.4) is 0 Å². The molecule has 1 N–H and O–H groups in total. The number of alkyl carbamates (subject to hydrolysis) is 1. The van der Waals surface area contributed by atoms with Gasteiger partial charge in [0.2, 0.25) is 0 Å². The van der Waals surface area contributed by atoms with Crippen LogP contribution in [0.1, 0.15) is 31.2 Å². The van der Waals surface area contributed by atoms with E-state index in [1.807, 2.05) is 42.3 Å². The van der Waals surface area contributed by atoms with E-state index in [4.69, 9.17) is 4.74 Å². The first-order chi connectivity index (χ1) is 11.6. The summed E-state index contributed by atoms with van der Waals surface area (Å²) >= 11 is 0. The van der Waals surface area contributed by atoms with E-state index in [1.54, 1.807) is 4.90 Å². The normalized spacial score (nSPS) is 24.1. The topological polar surface area (TPSA) is 61.9 Å². The lowest BCUT2D eigenvalue weighted by Gasteiger charge is -2.37. The summed E-state index contributed by atoms with van der Waals surface area (Å²) in [5.74, 6) is 0. The molecule has 24 heavy (non-hydrogen) atoms. The number of likely N-dealkylation sites (N-methyl/N-ethyl adjacent to an activating group) is 1. The number of amides is 3. The third-order valence-corrected chi connectivity index (χ3v) is 4.89. The minimum Gasteiger partial charge on any atom is -0.445 e. The van der Waals surface area contributed by atoms with Gasteiger partial charge in [0.05, 0.1) is 12.1 Å². The van der Waals surface area contributed by atoms with Crippen LogP contribution in [-0.2, 0) is 11.3 Å². The molecule has 1 aromatic rings. The van der Waals surface area contributed by atoms with Gasteiger partial charge in [0.15, 0.2) is 0 Å². The van der Waals surface area contributed by atoms with E-state index < -0.39 is 6.09 Å². The standard InChI is InChI=1S/C18H25N3O3/c1-20-11-12-21(18(20)23)16-10-6-5-9-15(16)19-17(22)24-13-14-7-3-2-4-8-14/h2-4,7-8,15-16H,5-6,9-13H2,1H3,(H,19,22)/t15-,16-/m1/s1. The third-order valence-electron chi connectivity index (χ3n) is 4.89. The quantitative estimate of drug-likeness (QED) is 0.922. The molecule has 0 spiro atoms. The van der Waals surface area contributed by atoms with Gasteiger partial charge < -0.3 is 19.9 Å². The molecule has 1 aliphatic carbocycles. The summed E-state index contributed by atoms with van der Waals surface area (Å²) in [4.78, 5) is 28.0. The fourth-order valence-electron chi connectivity index (χ4n) is 3.54. The average molecular weight is 331 g/mol. The molecular weight excluding hydrogens is 306 g/mol. The molecule has 3 rings (SSSR count). The molecular formula is C18H25N3O3. The highest BCUT2D eigenvalue weighted by Crippen LogP contribution is 2.26. The Bertz CT molecular complexity index is 578. The molecule has 0 bridgehead atoms. The Labute approximate surface area is 142 Å². The number of nitrogens with zero attached hydrogens (tertiary/aromatic N) is 2. The van der Waals surface area contributed by atoms with Crippen LogP contribution in [0.2, 0.25) is 0 Å². The molecule has 0 radical (unpaired) electrons. The first-order valence-corrected chi connectivity index (χ1v) is 8.64. The van der Waals surface area contributed by atoms with Crippen molar-refractivity contribution in [3.05, 3.63) is 35.9 Å². The highest BCUT2D eigenvalue weighted by atomic mass is 16.5. The molecule has 1 aromatic carbocycles. The summed E-state index contributed by atoms with van der Waals surface area (Å²) in [7, 11) is 1.82. The Morgan fingerprint density at radius 2 is 1.96 bits per heavy atom. The molecule has 2 aliphatic rings. The van der Waals surface area contributed by atoms with Crippen LogP contribution in [-0.4, -0.2) is 54.1 Å². The number of benzene rings is 1. The Morgan fingerprint density at radius 3 is 2.67 bits per heavy atom. The summed E-state index contributed by atoms with van der Waals surface area (Å²) in [6.45, 7) is 1.74. The van der Waals surface area contributed by atoms with Crippen LogP contribution in [0.5, 0.6) is 0 Å². The van der Waals surface area contributed by atoms with Gasteiger partial charge in [0, 0.05) is 20.1 Å². The molecule has 1 aliphatic heterocycles. The van der Waals surface area contributed by atoms with Crippen molar-refractivity contribution in [1.82, 2.24) is 15.1 Å². The molecule has 1 saturated carbocycles. The summed E-state index contributed by atoms with van der Waals surface area (Å²) in [5.41, 5.74) is 0.962. The molecule has 0 aromatic heterocycles. The van der Waals surface area contributed by atoms with E-state index in [2.05, 4.69) is 5.32 Å². The SMILES string of the molecule is CN1CCN([C@@H]2CCCC[C@H]2NC(=O)OCc2ccccc2)C1=O. The lowest BCUT2D eigenvalue weighted by molar-refractivity contribution is 0.114. The van der Waals surface area contributed by atoms with Crippen molar-refractivity contribution in [2.75, 3.05) is 20.1 Å². The number of rotatable bonds is 4. The third kappa shape index (κ3) is 3.80. The van der Waals surface area contributed by atoms with Crippen molar-refractivity contribution in [2.24, 2.45) is 0 Å². The summed E-state index contributed by atoms with van der Waals surface area (Å²) in [6.07, 6.45) is 3.57. The fraction of sp³-hybridized carbons (Fsp3) is 0.556. The van der Waals surface area contributed by atoms with Crippen molar-refractivity contribution in [2.45, 2.75) is 44.4 Å². The van der Waals surface area contributed by atoms with Crippen molar-refractivity contribution in [1.29, 1.82) is 0 Å². The van der Waals surface area contributed by atoms with E-state index in [1.165, 1.54) is 0 Å². The zero-order chi connectivity index (χ0) is 16.9. The Morgan fingerprint density at radius 1 is 1.21 bits per heavy atom. The van der Waals surface area contributed by atoms with Gasteiger partial charge in [0.1, 0.15) is 6.61 Å². The first-order valence-electron chi connectivity index (χ1n) is 8.64. The molecule has 1 saturated heterocycles. The minimum absolute atomic E-state index is 0.0301. The van der Waals surface area contributed by atoms with Gasteiger partial charge in [-0.05, 0) is 18.4 Å². The van der Waals surface area contributed by atoms with Gasteiger partial charge in [-0.2, -0.15) is 0 Å². The summed E-state index contributed by atoms with van der Waals surface area (Å²) in [5, 5.41) is 2.98. The Hall–Kier alpha value is -2.24. The molecule has 130 valence electrons. The maximum Gasteiger partial charge on any atom is 0.407 e. The average Bonchev–Trinajstić information content (AvgIpc) is 2.94. The lowest BCUT2D eigenvalue weighted by atomic mass is 9.89. The fourth-order valence-corrected chi connectivity index (χ4v) is 3.54. The van der Waals surface area contributed by atoms with Crippen molar-refractivity contribution in [3.8, 4) is 0 Å². The molecule has 6 heteroatoms. The number of carbonyl (C=O) groups is 2. The predicted octanol–water partition coefficient (Wildman–Crippen LogP) is 2.59. The Kier molecular flexibility index (Phi) is 5.23. The van der Waals surface area contributed by atoms with Crippen molar-refractivity contribution in [3.63, 3.8) is 0 Å². The van der Waals surface area contributed by atoms with E-state index in [-0.39, 0.29) is 24.7 Å². The number of carbonyl (C=O) groups excluding carboxylic acids is 2. The number of hydrogen-bond donors (Lipinski definition) is 1. The number of nitrogens with one attached hydrogen (secondary N) is 1. The summed E-state index contributed by atoms with van der Waals surface area (Å²) < 4.78 is 5.33. The first kappa shape index (κ1) is 16.6. The lowest BCUT2D eigenvalue weighted by Crippen LogP contribution is -2.54. The van der Waals surface area contributed by atoms with Crippen LogP contribution in [0.15, 0.2) is 30.3 Å². The zero-order valence-electron chi connectivity index (χ0n) is 14.1. The van der Waals surface area contributed by atoms with Crippen LogP contribution < -0.4 is 5.32 Å². The molecule has 1 heterocycles.